The van der Waals surface area contributed by atoms with E-state index >= 15 is 0 Å². The molecule has 0 saturated carbocycles. The van der Waals surface area contributed by atoms with Gasteiger partial charge in [-0.15, -0.1) is 0 Å². The Bertz CT molecular complexity index is 496. The van der Waals surface area contributed by atoms with Gasteiger partial charge in [0.2, 0.25) is 0 Å². The molecule has 1 N–H and O–H groups in total. The van der Waals surface area contributed by atoms with E-state index in [4.69, 9.17) is 9.84 Å². The van der Waals surface area contributed by atoms with Crippen LogP contribution in [-0.4, -0.2) is 61.8 Å². The molecular formula is C18H29FN2O2. The molecule has 5 heteroatoms. The maximum atomic E-state index is 13.8. The highest BCUT2D eigenvalue weighted by Gasteiger charge is 2.30. The smallest absolute Gasteiger partial charge is 0.165 e. The summed E-state index contributed by atoms with van der Waals surface area (Å²) in [7, 11) is 5.74. The standard InChI is InChI=1S/C18H29FN2O2/c1-20(2)17-8-9-21(13-15(17)5-4-10-22)12-14-6-7-18(23-3)16(19)11-14/h6-7,11,15,17,22H,4-5,8-10,12-13H2,1-3H3/t15-,17+/m1/s1. The average molecular weight is 324 g/mol. The second-order valence-corrected chi connectivity index (χ2v) is 6.65. The van der Waals surface area contributed by atoms with Gasteiger partial charge in [0.15, 0.2) is 11.6 Å². The molecule has 4 nitrogen and oxygen atoms in total. The van der Waals surface area contributed by atoms with Crippen LogP contribution in [0.1, 0.15) is 24.8 Å². The minimum absolute atomic E-state index is 0.250. The first-order valence-electron chi connectivity index (χ1n) is 8.37. The van der Waals surface area contributed by atoms with Crippen molar-refractivity contribution >= 4 is 0 Å². The van der Waals surface area contributed by atoms with E-state index in [1.165, 1.54) is 7.11 Å². The van der Waals surface area contributed by atoms with Crippen LogP contribution in [0.15, 0.2) is 18.2 Å². The van der Waals surface area contributed by atoms with Gasteiger partial charge < -0.3 is 14.7 Å². The zero-order valence-corrected chi connectivity index (χ0v) is 14.5. The van der Waals surface area contributed by atoms with Gasteiger partial charge in [0, 0.05) is 25.7 Å². The van der Waals surface area contributed by atoms with Crippen LogP contribution < -0.4 is 4.74 Å². The summed E-state index contributed by atoms with van der Waals surface area (Å²) in [5.74, 6) is 0.542. The molecule has 2 rings (SSSR count). The molecule has 0 spiro atoms. The first-order valence-corrected chi connectivity index (χ1v) is 8.37. The summed E-state index contributed by atoms with van der Waals surface area (Å²) in [4.78, 5) is 4.69. The summed E-state index contributed by atoms with van der Waals surface area (Å²) in [5.41, 5.74) is 0.979. The van der Waals surface area contributed by atoms with Gasteiger partial charge in [-0.1, -0.05) is 6.07 Å². The van der Waals surface area contributed by atoms with Crippen LogP contribution in [0, 0.1) is 11.7 Å². The first-order chi connectivity index (χ1) is 11.0. The second-order valence-electron chi connectivity index (χ2n) is 6.65. The molecule has 1 fully saturated rings. The predicted octanol–water partition coefficient (Wildman–Crippen LogP) is 2.36. The third-order valence-corrected chi connectivity index (χ3v) is 4.80. The van der Waals surface area contributed by atoms with Crippen molar-refractivity contribution in [2.45, 2.75) is 31.8 Å². The van der Waals surface area contributed by atoms with E-state index in [-0.39, 0.29) is 12.4 Å². The fourth-order valence-electron chi connectivity index (χ4n) is 3.62. The number of hydrogen-bond donors (Lipinski definition) is 1. The Morgan fingerprint density at radius 1 is 1.39 bits per heavy atom. The number of rotatable bonds is 7. The summed E-state index contributed by atoms with van der Waals surface area (Å²) < 4.78 is 18.8. The van der Waals surface area contributed by atoms with E-state index in [1.807, 2.05) is 6.07 Å². The van der Waals surface area contributed by atoms with Gasteiger partial charge >= 0.3 is 0 Å². The molecule has 0 aromatic heterocycles. The number of likely N-dealkylation sites (tertiary alicyclic amines) is 1. The molecule has 0 aliphatic carbocycles. The maximum absolute atomic E-state index is 13.8. The molecule has 130 valence electrons. The minimum atomic E-state index is -0.301. The summed E-state index contributed by atoms with van der Waals surface area (Å²) >= 11 is 0. The van der Waals surface area contributed by atoms with E-state index in [2.05, 4.69) is 23.9 Å². The van der Waals surface area contributed by atoms with Crippen LogP contribution in [0.4, 0.5) is 4.39 Å². The SMILES string of the molecule is COc1ccc(CN2CC[C@H](N(C)C)[C@H](CCCO)C2)cc1F. The van der Waals surface area contributed by atoms with E-state index in [0.29, 0.717) is 17.7 Å². The number of halogens is 1. The van der Waals surface area contributed by atoms with Crippen LogP contribution in [0.5, 0.6) is 5.75 Å². The first kappa shape index (κ1) is 18.2. The third-order valence-electron chi connectivity index (χ3n) is 4.80. The third kappa shape index (κ3) is 4.90. The highest BCUT2D eigenvalue weighted by molar-refractivity contribution is 5.29. The second kappa shape index (κ2) is 8.62. The van der Waals surface area contributed by atoms with Crippen molar-refractivity contribution in [2.24, 2.45) is 5.92 Å². The number of nitrogens with zero attached hydrogens (tertiary/aromatic N) is 2. The molecule has 1 saturated heterocycles. The van der Waals surface area contributed by atoms with Crippen molar-refractivity contribution in [3.63, 3.8) is 0 Å². The van der Waals surface area contributed by atoms with Crippen LogP contribution in [0.2, 0.25) is 0 Å². The molecule has 1 aromatic rings. The van der Waals surface area contributed by atoms with Crippen molar-refractivity contribution in [1.82, 2.24) is 9.80 Å². The number of piperidine rings is 1. The fraction of sp³-hybridized carbons (Fsp3) is 0.667. The highest BCUT2D eigenvalue weighted by Crippen LogP contribution is 2.26. The Labute approximate surface area is 138 Å². The Kier molecular flexibility index (Phi) is 6.81. The zero-order valence-electron chi connectivity index (χ0n) is 14.5. The van der Waals surface area contributed by atoms with Crippen molar-refractivity contribution < 1.29 is 14.2 Å². The van der Waals surface area contributed by atoms with Crippen molar-refractivity contribution in [2.75, 3.05) is 40.9 Å². The monoisotopic (exact) mass is 324 g/mol. The number of hydrogen-bond acceptors (Lipinski definition) is 4. The van der Waals surface area contributed by atoms with E-state index < -0.39 is 0 Å². The molecule has 0 unspecified atom stereocenters. The predicted molar refractivity (Wildman–Crippen MR) is 90.1 cm³/mol. The zero-order chi connectivity index (χ0) is 16.8. The van der Waals surface area contributed by atoms with Gasteiger partial charge in [-0.05, 0) is 63.5 Å². The fourth-order valence-corrected chi connectivity index (χ4v) is 3.62. The lowest BCUT2D eigenvalue weighted by atomic mass is 9.87. The topological polar surface area (TPSA) is 35.9 Å². The van der Waals surface area contributed by atoms with E-state index in [9.17, 15) is 4.39 Å². The summed E-state index contributed by atoms with van der Waals surface area (Å²) in [6.07, 6.45) is 2.99. The largest absolute Gasteiger partial charge is 0.494 e. The molecule has 1 aliphatic rings. The van der Waals surface area contributed by atoms with Crippen molar-refractivity contribution in [3.05, 3.63) is 29.6 Å². The summed E-state index contributed by atoms with van der Waals surface area (Å²) in [5, 5.41) is 9.12. The van der Waals surface area contributed by atoms with Crippen molar-refractivity contribution in [3.8, 4) is 5.75 Å². The quantitative estimate of drug-likeness (QED) is 0.835. The van der Waals surface area contributed by atoms with E-state index in [1.54, 1.807) is 12.1 Å². The Hall–Kier alpha value is -1.17. The number of ether oxygens (including phenoxy) is 1. The normalized spacial score (nSPS) is 22.5. The van der Waals surface area contributed by atoms with Crippen LogP contribution in [-0.2, 0) is 6.54 Å². The van der Waals surface area contributed by atoms with Gasteiger partial charge in [0.25, 0.3) is 0 Å². The molecular weight excluding hydrogens is 295 g/mol. The lowest BCUT2D eigenvalue weighted by Crippen LogP contribution is -2.48. The van der Waals surface area contributed by atoms with Crippen LogP contribution >= 0.6 is 0 Å². The van der Waals surface area contributed by atoms with Gasteiger partial charge in [-0.2, -0.15) is 0 Å². The number of methoxy groups -OCH3 is 1. The number of benzene rings is 1. The van der Waals surface area contributed by atoms with Gasteiger partial charge in [0.05, 0.1) is 7.11 Å². The Balaban J connectivity index is 1.99. The minimum Gasteiger partial charge on any atom is -0.494 e. The maximum Gasteiger partial charge on any atom is 0.165 e. The van der Waals surface area contributed by atoms with Gasteiger partial charge in [-0.3, -0.25) is 4.90 Å². The van der Waals surface area contributed by atoms with Crippen LogP contribution in [0.25, 0.3) is 0 Å². The van der Waals surface area contributed by atoms with E-state index in [0.717, 1.165) is 44.5 Å². The average Bonchev–Trinajstić information content (AvgIpc) is 2.53. The molecule has 1 heterocycles. The van der Waals surface area contributed by atoms with Crippen LogP contribution in [0.3, 0.4) is 0 Å². The number of aliphatic hydroxyl groups excluding tert-OH is 1. The Morgan fingerprint density at radius 3 is 2.78 bits per heavy atom. The number of aliphatic hydroxyl groups is 1. The Morgan fingerprint density at radius 2 is 2.17 bits per heavy atom. The van der Waals surface area contributed by atoms with Crippen molar-refractivity contribution in [1.29, 1.82) is 0 Å². The molecule has 0 bridgehead atoms. The summed E-state index contributed by atoms with van der Waals surface area (Å²) in [6, 6.07) is 5.76. The highest BCUT2D eigenvalue weighted by atomic mass is 19.1. The lowest BCUT2D eigenvalue weighted by Gasteiger charge is -2.41. The molecule has 23 heavy (non-hydrogen) atoms. The molecule has 0 amide bonds. The van der Waals surface area contributed by atoms with Gasteiger partial charge in [-0.25, -0.2) is 4.39 Å². The summed E-state index contributed by atoms with van der Waals surface area (Å²) in [6.45, 7) is 3.03. The molecule has 0 radical (unpaired) electrons. The lowest BCUT2D eigenvalue weighted by molar-refractivity contribution is 0.0716. The molecule has 1 aliphatic heterocycles. The molecule has 1 aromatic carbocycles. The van der Waals surface area contributed by atoms with Gasteiger partial charge in [0.1, 0.15) is 0 Å². The molecule has 2 atom stereocenters.